The molecule has 0 amide bonds. The molecule has 0 aliphatic carbocycles. The number of rotatable bonds is 4. The van der Waals surface area contributed by atoms with E-state index in [0.29, 0.717) is 30.6 Å². The molecule has 18 heavy (non-hydrogen) atoms. The van der Waals surface area contributed by atoms with E-state index < -0.39 is 0 Å². The predicted octanol–water partition coefficient (Wildman–Crippen LogP) is 0.708. The Balaban J connectivity index is 1.76. The zero-order valence-electron chi connectivity index (χ0n) is 11.7. The van der Waals surface area contributed by atoms with E-state index >= 15 is 0 Å². The standard InChI is InChI=1S/C13H25N3O2/c1-10(7-18-13(14-2)15-3)6-16-11-4-5-12(16)9-17-8-11/h10-12H,4-9H2,1-3H3,(H,14,15)/t10-,11?,12?/m1/s1. The number of ether oxygens (including phenoxy) is 2. The van der Waals surface area contributed by atoms with Gasteiger partial charge in [-0.15, -0.1) is 0 Å². The van der Waals surface area contributed by atoms with E-state index in [1.165, 1.54) is 12.8 Å². The number of aliphatic imine (C=N–C) groups is 1. The number of amidine groups is 1. The van der Waals surface area contributed by atoms with Crippen molar-refractivity contribution in [3.8, 4) is 0 Å². The zero-order valence-corrected chi connectivity index (χ0v) is 11.7. The maximum Gasteiger partial charge on any atom is 0.284 e. The lowest BCUT2D eigenvalue weighted by atomic mass is 10.1. The molecule has 0 aromatic rings. The summed E-state index contributed by atoms with van der Waals surface area (Å²) < 4.78 is 11.2. The summed E-state index contributed by atoms with van der Waals surface area (Å²) in [5, 5.41) is 2.93. The molecule has 0 radical (unpaired) electrons. The van der Waals surface area contributed by atoms with Crippen LogP contribution in [0.15, 0.2) is 4.99 Å². The Kier molecular flexibility index (Phi) is 4.83. The van der Waals surface area contributed by atoms with E-state index in [1.807, 2.05) is 7.05 Å². The lowest BCUT2D eigenvalue weighted by Crippen LogP contribution is -2.48. The Morgan fingerprint density at radius 2 is 2.11 bits per heavy atom. The largest absolute Gasteiger partial charge is 0.465 e. The number of hydrogen-bond acceptors (Lipinski definition) is 4. The molecule has 2 aliphatic rings. The second kappa shape index (κ2) is 6.38. The Hall–Kier alpha value is -0.810. The van der Waals surface area contributed by atoms with Crippen LogP contribution >= 0.6 is 0 Å². The number of fused-ring (bicyclic) bond motifs is 2. The first-order chi connectivity index (χ1) is 8.74. The van der Waals surface area contributed by atoms with Crippen molar-refractivity contribution in [1.29, 1.82) is 0 Å². The molecule has 5 nitrogen and oxygen atoms in total. The highest BCUT2D eigenvalue weighted by molar-refractivity contribution is 5.72. The molecule has 0 spiro atoms. The third-order valence-electron chi connectivity index (χ3n) is 3.84. The smallest absolute Gasteiger partial charge is 0.284 e. The van der Waals surface area contributed by atoms with Crippen LogP contribution < -0.4 is 5.32 Å². The Morgan fingerprint density at radius 3 is 2.67 bits per heavy atom. The van der Waals surface area contributed by atoms with E-state index in [-0.39, 0.29) is 0 Å². The molecule has 104 valence electrons. The molecule has 0 saturated carbocycles. The molecule has 2 heterocycles. The quantitative estimate of drug-likeness (QED) is 0.593. The fraction of sp³-hybridized carbons (Fsp3) is 0.923. The van der Waals surface area contributed by atoms with Gasteiger partial charge < -0.3 is 14.8 Å². The van der Waals surface area contributed by atoms with Gasteiger partial charge >= 0.3 is 0 Å². The monoisotopic (exact) mass is 255 g/mol. The number of hydrogen-bond donors (Lipinski definition) is 1. The molecule has 2 saturated heterocycles. The summed E-state index contributed by atoms with van der Waals surface area (Å²) >= 11 is 0. The van der Waals surface area contributed by atoms with Crippen LogP contribution in [0, 0.1) is 5.92 Å². The second-order valence-corrected chi connectivity index (χ2v) is 5.31. The highest BCUT2D eigenvalue weighted by Crippen LogP contribution is 2.29. The Bertz CT molecular complexity index is 280. The van der Waals surface area contributed by atoms with E-state index in [0.717, 1.165) is 19.8 Å². The third-order valence-corrected chi connectivity index (χ3v) is 3.84. The van der Waals surface area contributed by atoms with Crippen molar-refractivity contribution in [2.75, 3.05) is 40.5 Å². The summed E-state index contributed by atoms with van der Waals surface area (Å²) in [5.41, 5.74) is 0. The van der Waals surface area contributed by atoms with Gasteiger partial charge in [0, 0.05) is 38.6 Å². The van der Waals surface area contributed by atoms with Gasteiger partial charge in [0.15, 0.2) is 0 Å². The van der Waals surface area contributed by atoms with Crippen molar-refractivity contribution in [3.63, 3.8) is 0 Å². The molecule has 1 N–H and O–H groups in total. The van der Waals surface area contributed by atoms with Gasteiger partial charge in [-0.25, -0.2) is 4.99 Å². The van der Waals surface area contributed by atoms with Gasteiger partial charge in [0.1, 0.15) is 0 Å². The van der Waals surface area contributed by atoms with Gasteiger partial charge in [-0.05, 0) is 12.8 Å². The van der Waals surface area contributed by atoms with Gasteiger partial charge in [0.05, 0.1) is 19.8 Å². The predicted molar refractivity (Wildman–Crippen MR) is 71.9 cm³/mol. The van der Waals surface area contributed by atoms with Crippen LogP contribution in [0.25, 0.3) is 0 Å². The van der Waals surface area contributed by atoms with Gasteiger partial charge in [-0.1, -0.05) is 6.92 Å². The average molecular weight is 255 g/mol. The molecule has 3 atom stereocenters. The van der Waals surface area contributed by atoms with Crippen molar-refractivity contribution >= 4 is 6.02 Å². The number of nitrogens with one attached hydrogen (secondary N) is 1. The summed E-state index contributed by atoms with van der Waals surface area (Å²) in [6, 6.07) is 1.89. The highest BCUT2D eigenvalue weighted by Gasteiger charge is 2.37. The summed E-state index contributed by atoms with van der Waals surface area (Å²) in [7, 11) is 3.56. The number of nitrogens with zero attached hydrogens (tertiary/aromatic N) is 2. The van der Waals surface area contributed by atoms with Crippen molar-refractivity contribution in [1.82, 2.24) is 10.2 Å². The van der Waals surface area contributed by atoms with Crippen molar-refractivity contribution in [2.45, 2.75) is 31.8 Å². The van der Waals surface area contributed by atoms with E-state index in [4.69, 9.17) is 9.47 Å². The first-order valence-corrected chi connectivity index (χ1v) is 6.85. The van der Waals surface area contributed by atoms with Crippen LogP contribution in [-0.4, -0.2) is 63.5 Å². The average Bonchev–Trinajstić information content (AvgIpc) is 2.62. The fourth-order valence-electron chi connectivity index (χ4n) is 2.89. The van der Waals surface area contributed by atoms with Crippen LogP contribution in [0.4, 0.5) is 0 Å². The van der Waals surface area contributed by atoms with Gasteiger partial charge in [-0.2, -0.15) is 0 Å². The number of morpholine rings is 1. The summed E-state index contributed by atoms with van der Waals surface area (Å²) in [4.78, 5) is 6.63. The van der Waals surface area contributed by atoms with Crippen molar-refractivity contribution < 1.29 is 9.47 Å². The fourth-order valence-corrected chi connectivity index (χ4v) is 2.89. The maximum atomic E-state index is 5.62. The molecule has 2 rings (SSSR count). The first kappa shape index (κ1) is 13.6. The second-order valence-electron chi connectivity index (χ2n) is 5.31. The van der Waals surface area contributed by atoms with E-state index in [9.17, 15) is 0 Å². The molecule has 5 heteroatoms. The molecular formula is C13H25N3O2. The molecule has 2 fully saturated rings. The third kappa shape index (κ3) is 3.14. The topological polar surface area (TPSA) is 46.1 Å². The van der Waals surface area contributed by atoms with E-state index in [2.05, 4.69) is 22.1 Å². The highest BCUT2D eigenvalue weighted by atomic mass is 16.5. The molecule has 2 unspecified atom stereocenters. The summed E-state index contributed by atoms with van der Waals surface area (Å²) in [6.07, 6.45) is 2.58. The van der Waals surface area contributed by atoms with Crippen LogP contribution in [0.5, 0.6) is 0 Å². The SMILES string of the molecule is CN=C(NC)OC[C@H](C)CN1C2CCC1COC2. The Morgan fingerprint density at radius 1 is 1.44 bits per heavy atom. The van der Waals surface area contributed by atoms with Crippen LogP contribution in [-0.2, 0) is 9.47 Å². The minimum Gasteiger partial charge on any atom is -0.465 e. The van der Waals surface area contributed by atoms with Crippen LogP contribution in [0.3, 0.4) is 0 Å². The van der Waals surface area contributed by atoms with Gasteiger partial charge in [0.25, 0.3) is 6.02 Å². The molecule has 0 aromatic carbocycles. The van der Waals surface area contributed by atoms with Crippen LogP contribution in [0.2, 0.25) is 0 Å². The first-order valence-electron chi connectivity index (χ1n) is 6.85. The zero-order chi connectivity index (χ0) is 13.0. The van der Waals surface area contributed by atoms with Gasteiger partial charge in [-0.3, -0.25) is 4.90 Å². The molecule has 2 aliphatic heterocycles. The normalized spacial score (nSPS) is 30.3. The van der Waals surface area contributed by atoms with Crippen molar-refractivity contribution in [2.24, 2.45) is 10.9 Å². The maximum absolute atomic E-state index is 5.62. The molecule has 0 aromatic heterocycles. The Labute approximate surface area is 110 Å². The van der Waals surface area contributed by atoms with Gasteiger partial charge in [0.2, 0.25) is 0 Å². The van der Waals surface area contributed by atoms with Crippen LogP contribution in [0.1, 0.15) is 19.8 Å². The molecule has 2 bridgehead atoms. The minimum absolute atomic E-state index is 0.510. The molecular weight excluding hydrogens is 230 g/mol. The summed E-state index contributed by atoms with van der Waals surface area (Å²) in [5.74, 6) is 0.510. The lowest BCUT2D eigenvalue weighted by Gasteiger charge is -2.36. The lowest BCUT2D eigenvalue weighted by molar-refractivity contribution is -0.0231. The van der Waals surface area contributed by atoms with E-state index in [1.54, 1.807) is 7.05 Å². The minimum atomic E-state index is 0.510. The van der Waals surface area contributed by atoms with Crippen molar-refractivity contribution in [3.05, 3.63) is 0 Å². The summed E-state index contributed by atoms with van der Waals surface area (Å²) in [6.45, 7) is 5.85.